The third-order valence-electron chi connectivity index (χ3n) is 1.27. The van der Waals surface area contributed by atoms with Gasteiger partial charge in [-0.05, 0) is 20.8 Å². The minimum atomic E-state index is -2.91. The van der Waals surface area contributed by atoms with E-state index in [0.29, 0.717) is 11.2 Å². The Kier molecular flexibility index (Phi) is 4.30. The summed E-state index contributed by atoms with van der Waals surface area (Å²) in [5.41, 5.74) is -0.816. The minimum absolute atomic E-state index is 0.297. The first kappa shape index (κ1) is 13.9. The fourth-order valence-corrected chi connectivity index (χ4v) is 0.735. The fraction of sp³-hybridized carbons (Fsp3) is 0.750. The van der Waals surface area contributed by atoms with Crippen molar-refractivity contribution in [2.75, 3.05) is 6.54 Å². The number of amides is 1. The highest BCUT2D eigenvalue weighted by molar-refractivity contribution is 6.13. The van der Waals surface area contributed by atoms with Crippen LogP contribution in [-0.4, -0.2) is 53.3 Å². The second kappa shape index (κ2) is 4.63. The Labute approximate surface area is 89.2 Å². The molecule has 0 aromatic carbocycles. The predicted octanol–water partition coefficient (Wildman–Crippen LogP) is -0.813. The summed E-state index contributed by atoms with van der Waals surface area (Å²) >= 11 is 0. The van der Waals surface area contributed by atoms with E-state index in [4.69, 9.17) is 22.8 Å². The lowest BCUT2D eigenvalue weighted by atomic mass is 10.0. The molecule has 0 aliphatic heterocycles. The summed E-state index contributed by atoms with van der Waals surface area (Å²) < 4.78 is 4.81. The fourth-order valence-electron chi connectivity index (χ4n) is 0.735. The summed E-state index contributed by atoms with van der Waals surface area (Å²) in [5, 5.41) is 18.0. The van der Waals surface area contributed by atoms with E-state index in [0.717, 1.165) is 0 Å². The zero-order valence-electron chi connectivity index (χ0n) is 8.93. The van der Waals surface area contributed by atoms with Crippen molar-refractivity contribution in [3.05, 3.63) is 0 Å². The summed E-state index contributed by atoms with van der Waals surface area (Å²) in [6, 6.07) is 0. The molecule has 0 atom stereocenters. The Bertz CT molecular complexity index is 242. The normalized spacial score (nSPS) is 12.1. The quantitative estimate of drug-likeness (QED) is 0.365. The van der Waals surface area contributed by atoms with E-state index >= 15 is 0 Å². The number of aliphatic hydroxyl groups is 2. The van der Waals surface area contributed by atoms with Gasteiger partial charge in [0.15, 0.2) is 13.7 Å². The zero-order valence-corrected chi connectivity index (χ0v) is 8.93. The molecule has 0 aliphatic carbocycles. The zero-order chi connectivity index (χ0) is 12.3. The van der Waals surface area contributed by atoms with Crippen molar-refractivity contribution < 1.29 is 24.5 Å². The Morgan fingerprint density at radius 3 is 2.20 bits per heavy atom. The molecule has 15 heavy (non-hydrogen) atoms. The molecule has 7 heteroatoms. The van der Waals surface area contributed by atoms with E-state index in [-0.39, 0.29) is 0 Å². The molecular weight excluding hydrogens is 201 g/mol. The van der Waals surface area contributed by atoms with Crippen LogP contribution < -0.4 is 0 Å². The molecule has 0 heterocycles. The molecule has 0 saturated heterocycles. The standard InChI is InChI=1S/C8H14BNO5/c1-7(2,3)15-6(12)10(4-5-11)8(9,13)14/h5,13-14H,4H2,1-3H3. The summed E-state index contributed by atoms with van der Waals surface area (Å²) in [4.78, 5) is 21.8. The molecule has 0 rings (SSSR count). The number of carbonyl (C=O) groups excluding carboxylic acids is 2. The summed E-state index contributed by atoms with van der Waals surface area (Å²) in [7, 11) is 4.86. The SMILES string of the molecule is [B]C(O)(O)N(CC=O)C(=O)OC(C)(C)C. The number of aldehydes is 1. The maximum atomic E-state index is 11.3. The first-order valence-electron chi connectivity index (χ1n) is 4.26. The van der Waals surface area contributed by atoms with Crippen LogP contribution in [0.5, 0.6) is 0 Å². The van der Waals surface area contributed by atoms with Crippen LogP contribution in [0.4, 0.5) is 4.79 Å². The van der Waals surface area contributed by atoms with Gasteiger partial charge in [0.2, 0.25) is 0 Å². The van der Waals surface area contributed by atoms with Crippen molar-refractivity contribution in [1.82, 2.24) is 4.90 Å². The predicted molar refractivity (Wildman–Crippen MR) is 51.9 cm³/mol. The molecule has 2 N–H and O–H groups in total. The van der Waals surface area contributed by atoms with Gasteiger partial charge in [-0.15, -0.1) is 0 Å². The molecule has 84 valence electrons. The van der Waals surface area contributed by atoms with Crippen molar-refractivity contribution in [3.8, 4) is 0 Å². The topological polar surface area (TPSA) is 87.1 Å². The number of nitrogens with zero attached hydrogens (tertiary/aromatic N) is 1. The molecule has 0 aromatic rings. The van der Waals surface area contributed by atoms with Crippen molar-refractivity contribution in [1.29, 1.82) is 0 Å². The smallest absolute Gasteiger partial charge is 0.414 e. The third-order valence-corrected chi connectivity index (χ3v) is 1.27. The van der Waals surface area contributed by atoms with E-state index in [1.165, 1.54) is 0 Å². The van der Waals surface area contributed by atoms with Crippen molar-refractivity contribution in [2.45, 2.75) is 32.2 Å². The Hall–Kier alpha value is -1.08. The number of carbonyl (C=O) groups is 2. The van der Waals surface area contributed by atoms with Gasteiger partial charge in [-0.3, -0.25) is 4.90 Å². The third kappa shape index (κ3) is 5.39. The molecule has 0 unspecified atom stereocenters. The molecule has 1 amide bonds. The maximum absolute atomic E-state index is 11.3. The number of ether oxygens (including phenoxy) is 1. The van der Waals surface area contributed by atoms with Gasteiger partial charge >= 0.3 is 6.09 Å². The lowest BCUT2D eigenvalue weighted by Crippen LogP contribution is -2.54. The van der Waals surface area contributed by atoms with Crippen molar-refractivity contribution >= 4 is 20.2 Å². The molecule has 0 aliphatic rings. The highest BCUT2D eigenvalue weighted by Crippen LogP contribution is 2.13. The van der Waals surface area contributed by atoms with E-state index in [2.05, 4.69) is 0 Å². The van der Waals surface area contributed by atoms with Crippen LogP contribution in [0.1, 0.15) is 20.8 Å². The monoisotopic (exact) mass is 215 g/mol. The summed E-state index contributed by atoms with van der Waals surface area (Å²) in [5.74, 6) is -2.91. The van der Waals surface area contributed by atoms with Crippen LogP contribution in [-0.2, 0) is 9.53 Å². The Morgan fingerprint density at radius 2 is 1.93 bits per heavy atom. The van der Waals surface area contributed by atoms with Crippen LogP contribution in [0.2, 0.25) is 0 Å². The van der Waals surface area contributed by atoms with Crippen LogP contribution in [0.3, 0.4) is 0 Å². The molecule has 6 nitrogen and oxygen atoms in total. The van der Waals surface area contributed by atoms with Crippen LogP contribution in [0.15, 0.2) is 0 Å². The minimum Gasteiger partial charge on any atom is -0.444 e. The van der Waals surface area contributed by atoms with Gasteiger partial charge < -0.3 is 19.7 Å². The molecule has 0 saturated carbocycles. The molecule has 0 spiro atoms. The lowest BCUT2D eigenvalue weighted by Gasteiger charge is -2.33. The molecular formula is C8H14BNO5. The van der Waals surface area contributed by atoms with Crippen LogP contribution in [0, 0.1) is 0 Å². The Balaban J connectivity index is 4.65. The highest BCUT2D eigenvalue weighted by Gasteiger charge is 2.33. The lowest BCUT2D eigenvalue weighted by molar-refractivity contribution is -0.186. The second-order valence-corrected chi connectivity index (χ2v) is 3.94. The number of hydrogen-bond acceptors (Lipinski definition) is 5. The average molecular weight is 215 g/mol. The maximum Gasteiger partial charge on any atom is 0.414 e. The first-order chi connectivity index (χ1) is 6.58. The number of hydrogen-bond donors (Lipinski definition) is 2. The highest BCUT2D eigenvalue weighted by atomic mass is 16.6. The first-order valence-corrected chi connectivity index (χ1v) is 4.26. The van der Waals surface area contributed by atoms with Crippen LogP contribution in [0.25, 0.3) is 0 Å². The van der Waals surface area contributed by atoms with Crippen molar-refractivity contribution in [2.24, 2.45) is 0 Å². The van der Waals surface area contributed by atoms with Gasteiger partial charge in [0.05, 0.1) is 6.54 Å². The molecule has 0 aromatic heterocycles. The molecule has 0 fully saturated rings. The van der Waals surface area contributed by atoms with Gasteiger partial charge in [0.25, 0.3) is 0 Å². The number of rotatable bonds is 3. The van der Waals surface area contributed by atoms with E-state index in [1.807, 2.05) is 0 Å². The van der Waals surface area contributed by atoms with E-state index in [1.54, 1.807) is 20.8 Å². The second-order valence-electron chi connectivity index (χ2n) is 3.94. The summed E-state index contributed by atoms with van der Waals surface area (Å²) in [6.07, 6.45) is -0.778. The van der Waals surface area contributed by atoms with Gasteiger partial charge in [-0.1, -0.05) is 0 Å². The van der Waals surface area contributed by atoms with Gasteiger partial charge in [-0.2, -0.15) is 0 Å². The Morgan fingerprint density at radius 1 is 1.47 bits per heavy atom. The van der Waals surface area contributed by atoms with E-state index in [9.17, 15) is 9.59 Å². The van der Waals surface area contributed by atoms with Crippen molar-refractivity contribution in [3.63, 3.8) is 0 Å². The molecule has 0 bridgehead atoms. The summed E-state index contributed by atoms with van der Waals surface area (Å²) in [6.45, 7) is 4.21. The van der Waals surface area contributed by atoms with Gasteiger partial charge in [0.1, 0.15) is 11.9 Å². The van der Waals surface area contributed by atoms with Crippen LogP contribution >= 0.6 is 0 Å². The van der Waals surface area contributed by atoms with E-state index < -0.39 is 24.0 Å². The van der Waals surface area contributed by atoms with Gasteiger partial charge in [0, 0.05) is 0 Å². The largest absolute Gasteiger partial charge is 0.444 e. The average Bonchev–Trinajstić information content (AvgIpc) is 1.93. The van der Waals surface area contributed by atoms with Gasteiger partial charge in [-0.25, -0.2) is 4.79 Å². The molecule has 2 radical (unpaired) electrons.